The lowest BCUT2D eigenvalue weighted by Gasteiger charge is -2.28. The molecule has 0 saturated heterocycles. The number of carbonyl (C=O) groups is 3. The van der Waals surface area contributed by atoms with Crippen LogP contribution in [-0.4, -0.2) is 48.8 Å². The molecule has 0 saturated carbocycles. The van der Waals surface area contributed by atoms with Crippen molar-refractivity contribution in [3.8, 4) is 5.75 Å². The molecule has 0 bridgehead atoms. The number of nitrogens with one attached hydrogen (secondary N) is 2. The molecule has 0 aliphatic heterocycles. The summed E-state index contributed by atoms with van der Waals surface area (Å²) >= 11 is 0. The summed E-state index contributed by atoms with van der Waals surface area (Å²) < 4.78 is 17.7. The van der Waals surface area contributed by atoms with Gasteiger partial charge in [-0.2, -0.15) is 0 Å². The minimum Gasteiger partial charge on any atom is -0.491 e. The average Bonchev–Trinajstić information content (AvgIpc) is 2.98. The third kappa shape index (κ3) is 9.76. The Morgan fingerprint density at radius 3 is 2.38 bits per heavy atom. The standard InChI is InChI=1S/C32H37N3O7/c1-3-40-29(14-8-9-15-30(38)35-27-12-6-5-11-26(27)33)31(25-10-4-7-13-28(25)41-21-20-36)42-32(39)34-24-18-16-23(17-19-24)22(2)37/h4-7,9-13,15-19,29,31,36H,3,8,14,20-21,33H2,1-2H3,(H,34,39)(H,35,38)/b15-9+/t29-,31-/m0/s1. The van der Waals surface area contributed by atoms with Gasteiger partial charge >= 0.3 is 6.09 Å². The Morgan fingerprint density at radius 1 is 0.976 bits per heavy atom. The minimum atomic E-state index is -0.886. The number of aliphatic hydroxyl groups excluding tert-OH is 1. The molecule has 2 atom stereocenters. The molecule has 3 aromatic carbocycles. The summed E-state index contributed by atoms with van der Waals surface area (Å²) in [5, 5.41) is 14.7. The van der Waals surface area contributed by atoms with Gasteiger partial charge < -0.3 is 30.4 Å². The number of allylic oxidation sites excluding steroid dienone is 1. The highest BCUT2D eigenvalue weighted by Crippen LogP contribution is 2.34. The van der Waals surface area contributed by atoms with Crippen LogP contribution in [0.1, 0.15) is 48.7 Å². The number of aliphatic hydroxyl groups is 1. The number of benzene rings is 3. The fraction of sp³-hybridized carbons (Fsp3) is 0.281. The van der Waals surface area contributed by atoms with Gasteiger partial charge in [0, 0.05) is 23.4 Å². The number of amides is 2. The van der Waals surface area contributed by atoms with Crippen LogP contribution in [0.3, 0.4) is 0 Å². The number of carbonyl (C=O) groups excluding carboxylic acids is 3. The number of hydrogen-bond acceptors (Lipinski definition) is 8. The molecule has 0 aliphatic rings. The number of para-hydroxylation sites is 3. The summed E-state index contributed by atoms with van der Waals surface area (Å²) in [6, 6.07) is 20.5. The zero-order valence-electron chi connectivity index (χ0n) is 23.7. The minimum absolute atomic E-state index is 0.0571. The highest BCUT2D eigenvalue weighted by Gasteiger charge is 2.30. The van der Waals surface area contributed by atoms with Crippen LogP contribution >= 0.6 is 0 Å². The van der Waals surface area contributed by atoms with E-state index in [1.54, 1.807) is 78.9 Å². The zero-order valence-corrected chi connectivity index (χ0v) is 23.7. The van der Waals surface area contributed by atoms with E-state index in [4.69, 9.17) is 19.9 Å². The third-order valence-corrected chi connectivity index (χ3v) is 6.17. The maximum absolute atomic E-state index is 13.1. The molecule has 0 spiro atoms. The molecule has 0 fully saturated rings. The topological polar surface area (TPSA) is 149 Å². The van der Waals surface area contributed by atoms with E-state index in [2.05, 4.69) is 10.6 Å². The molecule has 0 radical (unpaired) electrons. The van der Waals surface area contributed by atoms with Crippen molar-refractivity contribution >= 4 is 34.8 Å². The van der Waals surface area contributed by atoms with Crippen LogP contribution < -0.4 is 21.1 Å². The Balaban J connectivity index is 1.77. The number of nitrogen functional groups attached to an aromatic ring is 1. The third-order valence-electron chi connectivity index (χ3n) is 6.17. The first-order valence-corrected chi connectivity index (χ1v) is 13.7. The molecule has 0 aromatic heterocycles. The largest absolute Gasteiger partial charge is 0.491 e. The van der Waals surface area contributed by atoms with Crippen molar-refractivity contribution in [1.82, 2.24) is 0 Å². The van der Waals surface area contributed by atoms with Crippen molar-refractivity contribution < 1.29 is 33.7 Å². The van der Waals surface area contributed by atoms with Crippen LogP contribution in [0.2, 0.25) is 0 Å². The molecule has 3 aromatic rings. The summed E-state index contributed by atoms with van der Waals surface area (Å²) in [5.74, 6) is 0.0285. The first-order chi connectivity index (χ1) is 20.3. The molecule has 2 amide bonds. The molecule has 10 nitrogen and oxygen atoms in total. The van der Waals surface area contributed by atoms with E-state index in [-0.39, 0.29) is 24.9 Å². The quantitative estimate of drug-likeness (QED) is 0.105. The number of ketones is 1. The van der Waals surface area contributed by atoms with E-state index < -0.39 is 18.3 Å². The monoisotopic (exact) mass is 575 g/mol. The first kappa shape index (κ1) is 31.9. The molecule has 222 valence electrons. The van der Waals surface area contributed by atoms with Crippen LogP contribution in [0.25, 0.3) is 0 Å². The highest BCUT2D eigenvalue weighted by atomic mass is 16.6. The molecule has 0 aliphatic carbocycles. The molecular weight excluding hydrogens is 538 g/mol. The van der Waals surface area contributed by atoms with Gasteiger partial charge in [-0.1, -0.05) is 36.4 Å². The first-order valence-electron chi connectivity index (χ1n) is 13.7. The summed E-state index contributed by atoms with van der Waals surface area (Å²) in [5.41, 5.74) is 8.42. The molecule has 10 heteroatoms. The Morgan fingerprint density at radius 2 is 1.69 bits per heavy atom. The Bertz CT molecular complexity index is 1360. The molecular formula is C32H37N3O7. The fourth-order valence-corrected chi connectivity index (χ4v) is 4.17. The average molecular weight is 576 g/mol. The summed E-state index contributed by atoms with van der Waals surface area (Å²) in [6.07, 6.45) is 1.76. The number of anilines is 3. The van der Waals surface area contributed by atoms with E-state index >= 15 is 0 Å². The van der Waals surface area contributed by atoms with E-state index in [0.29, 0.717) is 53.4 Å². The number of ether oxygens (including phenoxy) is 3. The van der Waals surface area contributed by atoms with Gasteiger partial charge in [-0.15, -0.1) is 0 Å². The lowest BCUT2D eigenvalue weighted by atomic mass is 9.99. The molecule has 0 unspecified atom stereocenters. The number of Topliss-reactive ketones (excluding diaryl/α,β-unsaturated/α-hetero) is 1. The summed E-state index contributed by atoms with van der Waals surface area (Å²) in [4.78, 5) is 37.0. The van der Waals surface area contributed by atoms with Gasteiger partial charge in [0.05, 0.1) is 24.1 Å². The smallest absolute Gasteiger partial charge is 0.412 e. The van der Waals surface area contributed by atoms with Crippen molar-refractivity contribution in [2.45, 2.75) is 38.9 Å². The SMILES string of the molecule is CCO[C@@H](CC/C=C/C(=O)Nc1ccccc1N)[C@@H](OC(=O)Nc1ccc(C(C)=O)cc1)c1ccccc1OCCO. The summed E-state index contributed by atoms with van der Waals surface area (Å²) in [6.45, 7) is 3.51. The zero-order chi connectivity index (χ0) is 30.3. The van der Waals surface area contributed by atoms with Crippen molar-refractivity contribution in [3.63, 3.8) is 0 Å². The van der Waals surface area contributed by atoms with Gasteiger partial charge in [0.1, 0.15) is 12.4 Å². The Kier molecular flexibility index (Phi) is 12.6. The van der Waals surface area contributed by atoms with Crippen LogP contribution in [0.5, 0.6) is 5.75 Å². The predicted molar refractivity (Wildman–Crippen MR) is 162 cm³/mol. The molecule has 3 rings (SSSR count). The van der Waals surface area contributed by atoms with Gasteiger partial charge in [0.25, 0.3) is 0 Å². The second kappa shape index (κ2) is 16.6. The Hall–Kier alpha value is -4.67. The maximum atomic E-state index is 13.1. The fourth-order valence-electron chi connectivity index (χ4n) is 4.17. The van der Waals surface area contributed by atoms with E-state index in [1.165, 1.54) is 13.0 Å². The molecule has 42 heavy (non-hydrogen) atoms. The lowest BCUT2D eigenvalue weighted by molar-refractivity contribution is -0.111. The molecule has 5 N–H and O–H groups in total. The van der Waals surface area contributed by atoms with Crippen LogP contribution in [-0.2, 0) is 14.3 Å². The van der Waals surface area contributed by atoms with E-state index in [1.807, 2.05) is 6.92 Å². The summed E-state index contributed by atoms with van der Waals surface area (Å²) in [7, 11) is 0. The van der Waals surface area contributed by atoms with Crippen molar-refractivity contribution in [1.29, 1.82) is 0 Å². The lowest BCUT2D eigenvalue weighted by Crippen LogP contribution is -2.29. The van der Waals surface area contributed by atoms with Crippen LogP contribution in [0.4, 0.5) is 21.9 Å². The second-order valence-corrected chi connectivity index (χ2v) is 9.24. The van der Waals surface area contributed by atoms with Crippen LogP contribution in [0, 0.1) is 0 Å². The van der Waals surface area contributed by atoms with Gasteiger partial charge in [0.15, 0.2) is 11.9 Å². The Labute approximate surface area is 245 Å². The van der Waals surface area contributed by atoms with Gasteiger partial charge in [-0.05, 0) is 75.2 Å². The highest BCUT2D eigenvalue weighted by molar-refractivity contribution is 6.01. The van der Waals surface area contributed by atoms with Crippen molar-refractivity contribution in [3.05, 3.63) is 96.1 Å². The van der Waals surface area contributed by atoms with Crippen molar-refractivity contribution in [2.24, 2.45) is 0 Å². The van der Waals surface area contributed by atoms with Crippen LogP contribution in [0.15, 0.2) is 84.9 Å². The van der Waals surface area contributed by atoms with Gasteiger partial charge in [-0.25, -0.2) is 4.79 Å². The van der Waals surface area contributed by atoms with Gasteiger partial charge in [-0.3, -0.25) is 14.9 Å². The maximum Gasteiger partial charge on any atom is 0.412 e. The number of hydrogen-bond donors (Lipinski definition) is 4. The molecule has 0 heterocycles. The number of rotatable bonds is 15. The van der Waals surface area contributed by atoms with E-state index in [0.717, 1.165) is 0 Å². The second-order valence-electron chi connectivity index (χ2n) is 9.24. The van der Waals surface area contributed by atoms with Gasteiger partial charge in [0.2, 0.25) is 5.91 Å². The number of nitrogens with two attached hydrogens (primary N) is 1. The predicted octanol–water partition coefficient (Wildman–Crippen LogP) is 5.51. The normalized spacial score (nSPS) is 12.4. The van der Waals surface area contributed by atoms with E-state index in [9.17, 15) is 19.5 Å². The van der Waals surface area contributed by atoms with Crippen molar-refractivity contribution in [2.75, 3.05) is 36.2 Å².